The summed E-state index contributed by atoms with van der Waals surface area (Å²) in [6.07, 6.45) is -0.668. The topological polar surface area (TPSA) is 147 Å². The fourth-order valence-corrected chi connectivity index (χ4v) is 4.29. The second kappa shape index (κ2) is 5.95. The molecule has 2 N–H and O–H groups in total. The standard InChI is InChI=1S/C14H20N5O6P/c1-7-17-11(15)8-12(18-7)19(6-16-8)13-9-10(25-26(3,20)21)14(24-13,4-22-2)5-23-9/h6,9-10,13H,4-5H2,1-3H3,(H,20,21)(H2,15,17,18)/p-1/t9-,10?,13+,14-/m0/s1. The summed E-state index contributed by atoms with van der Waals surface area (Å²) in [5, 5.41) is 0. The number of nitrogens with zero attached hydrogens (tertiary/aromatic N) is 4. The van der Waals surface area contributed by atoms with Gasteiger partial charge >= 0.3 is 0 Å². The highest BCUT2D eigenvalue weighted by atomic mass is 31.2. The second-order valence-corrected chi connectivity index (χ2v) is 8.31. The molecular formula is C14H19N5O6P-. The van der Waals surface area contributed by atoms with Crippen molar-refractivity contribution in [3.63, 3.8) is 0 Å². The molecule has 26 heavy (non-hydrogen) atoms. The summed E-state index contributed by atoms with van der Waals surface area (Å²) in [6.45, 7) is 3.02. The minimum Gasteiger partial charge on any atom is -0.779 e. The van der Waals surface area contributed by atoms with Gasteiger partial charge in [0.15, 0.2) is 17.7 Å². The average Bonchev–Trinajstić information content (AvgIpc) is 3.16. The maximum Gasteiger partial charge on any atom is 0.167 e. The molecule has 5 atom stereocenters. The maximum atomic E-state index is 11.7. The minimum absolute atomic E-state index is 0.118. The molecule has 0 spiro atoms. The van der Waals surface area contributed by atoms with Crippen LogP contribution in [0, 0.1) is 6.92 Å². The summed E-state index contributed by atoms with van der Waals surface area (Å²) in [5.74, 6) is 0.741. The van der Waals surface area contributed by atoms with Gasteiger partial charge in [0, 0.05) is 13.8 Å². The Labute approximate surface area is 149 Å². The Morgan fingerprint density at radius 2 is 2.31 bits per heavy atom. The molecule has 2 saturated heterocycles. The fraction of sp³-hybridized carbons (Fsp3) is 0.643. The highest BCUT2D eigenvalue weighted by Crippen LogP contribution is 2.51. The molecule has 2 fully saturated rings. The van der Waals surface area contributed by atoms with Crippen molar-refractivity contribution < 1.29 is 28.2 Å². The number of nitrogens with two attached hydrogens (primary N) is 1. The van der Waals surface area contributed by atoms with E-state index in [1.807, 2.05) is 0 Å². The zero-order chi connectivity index (χ0) is 18.7. The largest absolute Gasteiger partial charge is 0.779 e. The van der Waals surface area contributed by atoms with Crippen LogP contribution in [0.15, 0.2) is 6.33 Å². The van der Waals surface area contributed by atoms with E-state index in [1.165, 1.54) is 13.4 Å². The van der Waals surface area contributed by atoms with Gasteiger partial charge in [-0.25, -0.2) is 15.0 Å². The van der Waals surface area contributed by atoms with E-state index in [0.29, 0.717) is 17.0 Å². The van der Waals surface area contributed by atoms with Crippen LogP contribution in [0.4, 0.5) is 5.82 Å². The van der Waals surface area contributed by atoms with Gasteiger partial charge in [-0.2, -0.15) is 0 Å². The lowest BCUT2D eigenvalue weighted by Gasteiger charge is -2.32. The van der Waals surface area contributed by atoms with Gasteiger partial charge in [0.1, 0.15) is 36.7 Å². The fourth-order valence-electron chi connectivity index (χ4n) is 3.56. The van der Waals surface area contributed by atoms with E-state index in [0.717, 1.165) is 6.66 Å². The van der Waals surface area contributed by atoms with Crippen LogP contribution in [0.25, 0.3) is 11.2 Å². The number of imidazole rings is 1. The van der Waals surface area contributed by atoms with E-state index in [1.54, 1.807) is 11.5 Å². The van der Waals surface area contributed by atoms with Crippen LogP contribution in [0.2, 0.25) is 0 Å². The molecule has 4 rings (SSSR count). The Morgan fingerprint density at radius 1 is 1.54 bits per heavy atom. The first kappa shape index (κ1) is 17.8. The summed E-state index contributed by atoms with van der Waals surface area (Å²) in [7, 11) is -2.52. The van der Waals surface area contributed by atoms with E-state index >= 15 is 0 Å². The van der Waals surface area contributed by atoms with Crippen molar-refractivity contribution in [2.75, 3.05) is 32.7 Å². The third-order valence-electron chi connectivity index (χ3n) is 4.50. The lowest BCUT2D eigenvalue weighted by molar-refractivity contribution is -0.208. The molecule has 142 valence electrons. The predicted octanol–water partition coefficient (Wildman–Crippen LogP) is -0.402. The molecule has 2 bridgehead atoms. The van der Waals surface area contributed by atoms with Crippen molar-refractivity contribution >= 4 is 24.6 Å². The second-order valence-electron chi connectivity index (χ2n) is 6.56. The number of nitrogen functional groups attached to an aromatic ring is 1. The first-order valence-electron chi connectivity index (χ1n) is 7.96. The van der Waals surface area contributed by atoms with Crippen molar-refractivity contribution in [3.05, 3.63) is 12.2 Å². The number of hydrogen-bond donors (Lipinski definition) is 1. The summed E-state index contributed by atoms with van der Waals surface area (Å²) in [5.41, 5.74) is 5.78. The molecule has 0 radical (unpaired) electrons. The number of rotatable bonds is 5. The molecule has 0 amide bonds. The van der Waals surface area contributed by atoms with Crippen molar-refractivity contribution in [3.8, 4) is 0 Å². The summed E-state index contributed by atoms with van der Waals surface area (Å²) in [4.78, 5) is 24.5. The molecule has 4 heterocycles. The molecule has 2 aromatic heterocycles. The molecule has 12 heteroatoms. The highest BCUT2D eigenvalue weighted by Gasteiger charge is 2.64. The van der Waals surface area contributed by atoms with Crippen LogP contribution in [0.3, 0.4) is 0 Å². The zero-order valence-electron chi connectivity index (χ0n) is 14.5. The van der Waals surface area contributed by atoms with Crippen LogP contribution >= 0.6 is 7.60 Å². The van der Waals surface area contributed by atoms with Crippen molar-refractivity contribution in [1.29, 1.82) is 0 Å². The first-order valence-corrected chi connectivity index (χ1v) is 9.95. The van der Waals surface area contributed by atoms with Gasteiger partial charge in [-0.05, 0) is 6.92 Å². The molecule has 2 unspecified atom stereocenters. The number of anilines is 1. The van der Waals surface area contributed by atoms with E-state index in [4.69, 9.17) is 24.5 Å². The van der Waals surface area contributed by atoms with Gasteiger partial charge in [-0.15, -0.1) is 0 Å². The molecule has 11 nitrogen and oxygen atoms in total. The number of aryl methyl sites for hydroxylation is 1. The summed E-state index contributed by atoms with van der Waals surface area (Å²) < 4.78 is 35.9. The number of aromatic nitrogens is 4. The third-order valence-corrected chi connectivity index (χ3v) is 5.11. The maximum absolute atomic E-state index is 11.7. The zero-order valence-corrected chi connectivity index (χ0v) is 15.4. The number of fused-ring (bicyclic) bond motifs is 3. The van der Waals surface area contributed by atoms with Crippen LogP contribution < -0.4 is 10.6 Å². The average molecular weight is 384 g/mol. The molecular weight excluding hydrogens is 365 g/mol. The Hall–Kier alpha value is -1.62. The van der Waals surface area contributed by atoms with E-state index in [9.17, 15) is 9.46 Å². The molecule has 2 aliphatic rings. The van der Waals surface area contributed by atoms with Crippen LogP contribution in [0.1, 0.15) is 12.1 Å². The van der Waals surface area contributed by atoms with Gasteiger partial charge in [-0.1, -0.05) is 0 Å². The smallest absolute Gasteiger partial charge is 0.167 e. The molecule has 0 aromatic carbocycles. The number of hydrogen-bond acceptors (Lipinski definition) is 10. The Bertz CT molecular complexity index is 899. The predicted molar refractivity (Wildman–Crippen MR) is 87.3 cm³/mol. The van der Waals surface area contributed by atoms with Crippen molar-refractivity contribution in [2.45, 2.75) is 31.0 Å². The molecule has 0 aliphatic carbocycles. The number of methoxy groups -OCH3 is 1. The van der Waals surface area contributed by atoms with E-state index < -0.39 is 31.6 Å². The van der Waals surface area contributed by atoms with Gasteiger partial charge in [-0.3, -0.25) is 4.57 Å². The van der Waals surface area contributed by atoms with Crippen LogP contribution in [-0.4, -0.2) is 64.3 Å². The van der Waals surface area contributed by atoms with E-state index in [-0.39, 0.29) is 19.0 Å². The highest BCUT2D eigenvalue weighted by molar-refractivity contribution is 7.50. The summed E-state index contributed by atoms with van der Waals surface area (Å²) in [6, 6.07) is 0. The van der Waals surface area contributed by atoms with E-state index in [2.05, 4.69) is 15.0 Å². The Balaban J connectivity index is 1.76. The van der Waals surface area contributed by atoms with Crippen molar-refractivity contribution in [2.24, 2.45) is 0 Å². The normalized spacial score (nSPS) is 33.0. The molecule has 0 saturated carbocycles. The lowest BCUT2D eigenvalue weighted by atomic mass is 10.0. The van der Waals surface area contributed by atoms with Gasteiger partial charge in [0.05, 0.1) is 19.5 Å². The first-order chi connectivity index (χ1) is 12.2. The van der Waals surface area contributed by atoms with Crippen LogP contribution in [-0.2, 0) is 23.3 Å². The Kier molecular flexibility index (Phi) is 4.07. The number of ether oxygens (including phenoxy) is 3. The Morgan fingerprint density at radius 3 is 3.00 bits per heavy atom. The quantitative estimate of drug-likeness (QED) is 0.675. The minimum atomic E-state index is -4.02. The molecule has 2 aromatic rings. The lowest BCUT2D eigenvalue weighted by Crippen LogP contribution is -2.46. The van der Waals surface area contributed by atoms with Crippen LogP contribution in [0.5, 0.6) is 0 Å². The van der Waals surface area contributed by atoms with Gasteiger partial charge in [0.25, 0.3) is 0 Å². The SMILES string of the molecule is COC[C@]12CO[C@@H](C1OP(C)(=O)[O-])[C@H](n1cnc3c(N)nc(C)nc31)O2. The van der Waals surface area contributed by atoms with Gasteiger partial charge < -0.3 is 33.9 Å². The monoisotopic (exact) mass is 384 g/mol. The molecule has 2 aliphatic heterocycles. The third kappa shape index (κ3) is 2.72. The summed E-state index contributed by atoms with van der Waals surface area (Å²) >= 11 is 0. The van der Waals surface area contributed by atoms with Crippen molar-refractivity contribution in [1.82, 2.24) is 19.5 Å². The van der Waals surface area contributed by atoms with Gasteiger partial charge in [0.2, 0.25) is 0 Å².